The van der Waals surface area contributed by atoms with Crippen molar-refractivity contribution >= 4 is 21.6 Å². The molecular weight excluding hydrogens is 336 g/mol. The standard InChI is InChI=1S/C19H32N2O3S/c1-5-8-9-17(7-3)14-20-19(22)15-21(25(4,23)24)18-12-10-16(6-2)11-13-18/h10-13,17H,5-9,14-15H2,1-4H3,(H,20,22)/t17-/m1/s1. The van der Waals surface area contributed by atoms with Crippen LogP contribution in [0.25, 0.3) is 0 Å². The van der Waals surface area contributed by atoms with Crippen LogP contribution >= 0.6 is 0 Å². The van der Waals surface area contributed by atoms with E-state index in [1.807, 2.05) is 19.1 Å². The van der Waals surface area contributed by atoms with Crippen LogP contribution in [0.4, 0.5) is 5.69 Å². The van der Waals surface area contributed by atoms with Gasteiger partial charge in [0.25, 0.3) is 0 Å². The summed E-state index contributed by atoms with van der Waals surface area (Å²) in [6, 6.07) is 7.29. The average molecular weight is 369 g/mol. The Hall–Kier alpha value is -1.56. The Morgan fingerprint density at radius 2 is 1.80 bits per heavy atom. The molecule has 0 unspecified atom stereocenters. The zero-order valence-electron chi connectivity index (χ0n) is 15.9. The molecule has 1 N–H and O–H groups in total. The molecule has 0 heterocycles. The van der Waals surface area contributed by atoms with E-state index in [-0.39, 0.29) is 12.5 Å². The molecule has 6 heteroatoms. The maximum absolute atomic E-state index is 12.3. The van der Waals surface area contributed by atoms with E-state index in [9.17, 15) is 13.2 Å². The largest absolute Gasteiger partial charge is 0.354 e. The molecule has 0 saturated heterocycles. The SMILES string of the molecule is CCCC[C@@H](CC)CNC(=O)CN(c1ccc(CC)cc1)S(C)(=O)=O. The van der Waals surface area contributed by atoms with E-state index < -0.39 is 10.0 Å². The lowest BCUT2D eigenvalue weighted by molar-refractivity contribution is -0.119. The van der Waals surface area contributed by atoms with Crippen molar-refractivity contribution in [1.29, 1.82) is 0 Å². The molecule has 142 valence electrons. The number of hydrogen-bond acceptors (Lipinski definition) is 3. The Labute approximate surface area is 152 Å². The van der Waals surface area contributed by atoms with Crippen molar-refractivity contribution in [2.24, 2.45) is 5.92 Å². The van der Waals surface area contributed by atoms with E-state index >= 15 is 0 Å². The lowest BCUT2D eigenvalue weighted by Gasteiger charge is -2.23. The quantitative estimate of drug-likeness (QED) is 0.651. The number of benzene rings is 1. The van der Waals surface area contributed by atoms with Gasteiger partial charge in [0.05, 0.1) is 11.9 Å². The molecule has 0 fully saturated rings. The number of rotatable bonds is 11. The molecule has 0 radical (unpaired) electrons. The van der Waals surface area contributed by atoms with Crippen LogP contribution in [0.3, 0.4) is 0 Å². The molecule has 0 spiro atoms. The lowest BCUT2D eigenvalue weighted by atomic mass is 9.99. The zero-order chi connectivity index (χ0) is 18.9. The fourth-order valence-corrected chi connectivity index (χ4v) is 3.54. The third-order valence-electron chi connectivity index (χ3n) is 4.45. The molecule has 1 rings (SSSR count). The van der Waals surface area contributed by atoms with E-state index in [1.165, 1.54) is 0 Å². The van der Waals surface area contributed by atoms with Crippen molar-refractivity contribution < 1.29 is 13.2 Å². The molecule has 0 bridgehead atoms. The number of amides is 1. The number of carbonyl (C=O) groups is 1. The minimum Gasteiger partial charge on any atom is -0.354 e. The van der Waals surface area contributed by atoms with Crippen molar-refractivity contribution in [1.82, 2.24) is 5.32 Å². The minimum atomic E-state index is -3.52. The third kappa shape index (κ3) is 7.46. The van der Waals surface area contributed by atoms with Crippen molar-refractivity contribution in [2.45, 2.75) is 52.9 Å². The van der Waals surface area contributed by atoms with Gasteiger partial charge in [0.15, 0.2) is 0 Å². The minimum absolute atomic E-state index is 0.186. The van der Waals surface area contributed by atoms with Crippen molar-refractivity contribution in [3.63, 3.8) is 0 Å². The summed E-state index contributed by atoms with van der Waals surface area (Å²) in [6.45, 7) is 6.72. The second-order valence-electron chi connectivity index (χ2n) is 6.51. The first-order valence-electron chi connectivity index (χ1n) is 9.15. The molecule has 1 atom stereocenters. The Morgan fingerprint density at radius 1 is 1.16 bits per heavy atom. The van der Waals surface area contributed by atoms with Gasteiger partial charge in [0.2, 0.25) is 15.9 Å². The summed E-state index contributed by atoms with van der Waals surface area (Å²) in [4.78, 5) is 12.3. The number of unbranched alkanes of at least 4 members (excludes halogenated alkanes) is 1. The fourth-order valence-electron chi connectivity index (χ4n) is 2.69. The van der Waals surface area contributed by atoms with Crippen molar-refractivity contribution in [3.8, 4) is 0 Å². The van der Waals surface area contributed by atoms with E-state index in [0.717, 1.165) is 48.2 Å². The van der Waals surface area contributed by atoms with Crippen LogP contribution in [-0.2, 0) is 21.2 Å². The van der Waals surface area contributed by atoms with Crippen LogP contribution in [-0.4, -0.2) is 33.7 Å². The molecular formula is C19H32N2O3S. The molecule has 1 aromatic rings. The van der Waals surface area contributed by atoms with Gasteiger partial charge in [-0.2, -0.15) is 0 Å². The van der Waals surface area contributed by atoms with Gasteiger partial charge in [-0.1, -0.05) is 52.2 Å². The van der Waals surface area contributed by atoms with Crippen molar-refractivity contribution in [2.75, 3.05) is 23.7 Å². The molecule has 0 aliphatic carbocycles. The number of sulfonamides is 1. The highest BCUT2D eigenvalue weighted by atomic mass is 32.2. The van der Waals surface area contributed by atoms with Crippen LogP contribution in [0.5, 0.6) is 0 Å². The van der Waals surface area contributed by atoms with Gasteiger partial charge >= 0.3 is 0 Å². The molecule has 0 aliphatic heterocycles. The molecule has 5 nitrogen and oxygen atoms in total. The summed E-state index contributed by atoms with van der Waals surface area (Å²) < 4.78 is 25.4. The second kappa shape index (κ2) is 10.4. The van der Waals surface area contributed by atoms with Crippen LogP contribution in [0.2, 0.25) is 0 Å². The highest BCUT2D eigenvalue weighted by Gasteiger charge is 2.21. The maximum Gasteiger partial charge on any atom is 0.240 e. The molecule has 25 heavy (non-hydrogen) atoms. The van der Waals surface area contributed by atoms with Gasteiger partial charge in [-0.15, -0.1) is 0 Å². The van der Waals surface area contributed by atoms with Crippen LogP contribution in [0.1, 0.15) is 52.0 Å². The number of nitrogens with zero attached hydrogens (tertiary/aromatic N) is 1. The number of aryl methyl sites for hydroxylation is 1. The smallest absolute Gasteiger partial charge is 0.240 e. The van der Waals surface area contributed by atoms with E-state index in [1.54, 1.807) is 12.1 Å². The Balaban J connectivity index is 2.73. The Bertz CT molecular complexity index is 627. The third-order valence-corrected chi connectivity index (χ3v) is 5.59. The van der Waals surface area contributed by atoms with E-state index in [2.05, 4.69) is 19.2 Å². The number of anilines is 1. The predicted octanol–water partition coefficient (Wildman–Crippen LogP) is 3.35. The number of carbonyl (C=O) groups excluding carboxylic acids is 1. The van der Waals surface area contributed by atoms with Crippen LogP contribution in [0, 0.1) is 5.92 Å². The Morgan fingerprint density at radius 3 is 2.28 bits per heavy atom. The van der Waals surface area contributed by atoms with Gasteiger partial charge in [-0.25, -0.2) is 8.42 Å². The molecule has 0 aliphatic rings. The first-order chi connectivity index (χ1) is 11.8. The monoisotopic (exact) mass is 368 g/mol. The molecule has 0 aromatic heterocycles. The summed E-state index contributed by atoms with van der Waals surface area (Å²) in [5.74, 6) is 0.180. The zero-order valence-corrected chi connectivity index (χ0v) is 16.7. The highest BCUT2D eigenvalue weighted by molar-refractivity contribution is 7.92. The van der Waals surface area contributed by atoms with E-state index in [4.69, 9.17) is 0 Å². The predicted molar refractivity (Wildman–Crippen MR) is 104 cm³/mol. The van der Waals surface area contributed by atoms with Crippen molar-refractivity contribution in [3.05, 3.63) is 29.8 Å². The van der Waals surface area contributed by atoms with Gasteiger partial charge in [0.1, 0.15) is 6.54 Å². The second-order valence-corrected chi connectivity index (χ2v) is 8.42. The first kappa shape index (κ1) is 21.5. The number of nitrogens with one attached hydrogen (secondary N) is 1. The molecule has 0 saturated carbocycles. The fraction of sp³-hybridized carbons (Fsp3) is 0.632. The maximum atomic E-state index is 12.3. The van der Waals surface area contributed by atoms with Gasteiger partial charge < -0.3 is 5.32 Å². The summed E-state index contributed by atoms with van der Waals surface area (Å²) in [7, 11) is -3.52. The van der Waals surface area contributed by atoms with Gasteiger partial charge in [-0.05, 0) is 36.5 Å². The summed E-state index contributed by atoms with van der Waals surface area (Å²) in [5, 5.41) is 2.89. The highest BCUT2D eigenvalue weighted by Crippen LogP contribution is 2.18. The average Bonchev–Trinajstić information content (AvgIpc) is 2.59. The topological polar surface area (TPSA) is 66.5 Å². The van der Waals surface area contributed by atoms with Crippen LogP contribution < -0.4 is 9.62 Å². The molecule has 1 aromatic carbocycles. The lowest BCUT2D eigenvalue weighted by Crippen LogP contribution is -2.41. The van der Waals surface area contributed by atoms with Gasteiger partial charge in [-0.3, -0.25) is 9.10 Å². The van der Waals surface area contributed by atoms with Gasteiger partial charge in [0, 0.05) is 6.54 Å². The first-order valence-corrected chi connectivity index (χ1v) is 11.0. The normalized spacial score (nSPS) is 12.6. The number of hydrogen-bond donors (Lipinski definition) is 1. The summed E-state index contributed by atoms with van der Waals surface area (Å²) in [5.41, 5.74) is 1.65. The Kier molecular flexibility index (Phi) is 8.97. The summed E-state index contributed by atoms with van der Waals surface area (Å²) in [6.07, 6.45) is 6.39. The van der Waals surface area contributed by atoms with Crippen LogP contribution in [0.15, 0.2) is 24.3 Å². The molecule has 1 amide bonds. The summed E-state index contributed by atoms with van der Waals surface area (Å²) >= 11 is 0. The van der Waals surface area contributed by atoms with E-state index in [0.29, 0.717) is 18.2 Å².